The van der Waals surface area contributed by atoms with Crippen molar-refractivity contribution in [1.29, 1.82) is 0 Å². The van der Waals surface area contributed by atoms with Gasteiger partial charge >= 0.3 is 0 Å². The van der Waals surface area contributed by atoms with Gasteiger partial charge in [-0.1, -0.05) is 12.1 Å². The molecule has 0 saturated carbocycles. The molecule has 6 heteroatoms. The average Bonchev–Trinajstić information content (AvgIpc) is 2.46. The van der Waals surface area contributed by atoms with Crippen LogP contribution in [0.3, 0.4) is 0 Å². The van der Waals surface area contributed by atoms with E-state index in [0.29, 0.717) is 5.69 Å². The normalized spacial score (nSPS) is 11.7. The molecule has 0 aromatic carbocycles. The van der Waals surface area contributed by atoms with Gasteiger partial charge in [-0.05, 0) is 37.1 Å². The number of hydrogen-bond donors (Lipinski definition) is 3. The largest absolute Gasteiger partial charge is 0.409 e. The lowest BCUT2D eigenvalue weighted by atomic mass is 10.2. The van der Waals surface area contributed by atoms with Gasteiger partial charge in [-0.15, -0.1) is 0 Å². The average molecular weight is 266 g/mol. The lowest BCUT2D eigenvalue weighted by Gasteiger charge is -2.06. The summed E-state index contributed by atoms with van der Waals surface area (Å²) in [4.78, 5) is 4.02. The highest BCUT2D eigenvalue weighted by Crippen LogP contribution is 2.01. The minimum Gasteiger partial charge on any atom is -0.409 e. The van der Waals surface area contributed by atoms with Crippen LogP contribution in [-0.4, -0.2) is 35.8 Å². The van der Waals surface area contributed by atoms with Crippen LogP contribution in [0.5, 0.6) is 0 Å². The van der Waals surface area contributed by atoms with E-state index in [1.807, 2.05) is 6.07 Å². The summed E-state index contributed by atoms with van der Waals surface area (Å²) in [6.45, 7) is 5.33. The molecule has 0 atom stereocenters. The van der Waals surface area contributed by atoms with Gasteiger partial charge in [0.15, 0.2) is 5.84 Å². The van der Waals surface area contributed by atoms with Crippen LogP contribution >= 0.6 is 0 Å². The maximum Gasteiger partial charge on any atom is 0.188 e. The number of nitrogens with zero attached hydrogens (tertiary/aromatic N) is 2. The topological polar surface area (TPSA) is 92.8 Å². The van der Waals surface area contributed by atoms with Gasteiger partial charge in [-0.2, -0.15) is 0 Å². The number of oxime groups is 1. The van der Waals surface area contributed by atoms with Crippen LogP contribution in [-0.2, 0) is 11.3 Å². The second kappa shape index (κ2) is 9.29. The number of nitrogens with two attached hydrogens (primary N) is 1. The molecule has 0 radical (unpaired) electrons. The molecule has 106 valence electrons. The SMILES string of the molecule is CCCOCCCNCc1ccnc(/C(N)=N/O)c1. The maximum absolute atomic E-state index is 8.59. The highest BCUT2D eigenvalue weighted by Gasteiger charge is 2.01. The molecule has 0 bridgehead atoms. The molecule has 1 heterocycles. The standard InChI is InChI=1S/C13H22N4O2/c1-2-7-19-8-3-5-15-10-11-4-6-16-12(9-11)13(14)17-18/h4,6,9,15,18H,2-3,5,7-8,10H2,1H3,(H2,14,17). The fourth-order valence-electron chi connectivity index (χ4n) is 1.55. The van der Waals surface area contributed by atoms with Gasteiger partial charge < -0.3 is 21.0 Å². The first-order valence-corrected chi connectivity index (χ1v) is 6.49. The fraction of sp³-hybridized carbons (Fsp3) is 0.538. The molecule has 0 aliphatic heterocycles. The van der Waals surface area contributed by atoms with Crippen LogP contribution in [0.1, 0.15) is 31.0 Å². The minimum absolute atomic E-state index is 0.0230. The van der Waals surface area contributed by atoms with Crippen molar-refractivity contribution >= 4 is 5.84 Å². The Hall–Kier alpha value is -1.66. The van der Waals surface area contributed by atoms with Gasteiger partial charge in [-0.25, -0.2) is 0 Å². The molecule has 1 aromatic heterocycles. The van der Waals surface area contributed by atoms with Crippen LogP contribution in [0.4, 0.5) is 0 Å². The molecule has 1 rings (SSSR count). The number of pyridine rings is 1. The fourth-order valence-corrected chi connectivity index (χ4v) is 1.55. The number of hydrogen-bond acceptors (Lipinski definition) is 5. The van der Waals surface area contributed by atoms with Crippen molar-refractivity contribution in [2.24, 2.45) is 10.9 Å². The zero-order chi connectivity index (χ0) is 13.9. The third kappa shape index (κ3) is 6.17. The van der Waals surface area contributed by atoms with Crippen LogP contribution in [0.25, 0.3) is 0 Å². The molecule has 0 aliphatic rings. The van der Waals surface area contributed by atoms with Gasteiger partial charge in [0, 0.05) is 26.0 Å². The lowest BCUT2D eigenvalue weighted by molar-refractivity contribution is 0.132. The zero-order valence-corrected chi connectivity index (χ0v) is 11.3. The van der Waals surface area contributed by atoms with Crippen molar-refractivity contribution in [3.05, 3.63) is 29.6 Å². The highest BCUT2D eigenvalue weighted by molar-refractivity contribution is 5.95. The molecular formula is C13H22N4O2. The second-order valence-electron chi connectivity index (χ2n) is 4.18. The number of nitrogens with one attached hydrogen (secondary N) is 1. The number of amidine groups is 1. The van der Waals surface area contributed by atoms with Crippen LogP contribution in [0.15, 0.2) is 23.5 Å². The summed E-state index contributed by atoms with van der Waals surface area (Å²) in [6.07, 6.45) is 3.69. The molecule has 0 fully saturated rings. The summed E-state index contributed by atoms with van der Waals surface area (Å²) >= 11 is 0. The third-order valence-corrected chi connectivity index (χ3v) is 2.51. The molecule has 0 unspecified atom stereocenters. The van der Waals surface area contributed by atoms with Crippen molar-refractivity contribution in [3.8, 4) is 0 Å². The second-order valence-corrected chi connectivity index (χ2v) is 4.18. The molecule has 19 heavy (non-hydrogen) atoms. The number of aromatic nitrogens is 1. The molecule has 4 N–H and O–H groups in total. The Labute approximate surface area is 113 Å². The van der Waals surface area contributed by atoms with Gasteiger partial charge in [-0.3, -0.25) is 4.98 Å². The summed E-state index contributed by atoms with van der Waals surface area (Å²) in [7, 11) is 0. The Kier molecular flexibility index (Phi) is 7.53. The minimum atomic E-state index is 0.0230. The van der Waals surface area contributed by atoms with Gasteiger partial charge in [0.2, 0.25) is 0 Å². The Balaban J connectivity index is 2.26. The summed E-state index contributed by atoms with van der Waals surface area (Å²) in [5, 5.41) is 14.8. The summed E-state index contributed by atoms with van der Waals surface area (Å²) in [5.41, 5.74) is 7.01. The first-order valence-electron chi connectivity index (χ1n) is 6.49. The maximum atomic E-state index is 8.59. The van der Waals surface area contributed by atoms with Crippen molar-refractivity contribution < 1.29 is 9.94 Å². The number of rotatable bonds is 9. The first-order chi connectivity index (χ1) is 9.27. The van der Waals surface area contributed by atoms with Crippen LogP contribution in [0, 0.1) is 0 Å². The zero-order valence-electron chi connectivity index (χ0n) is 11.3. The van der Waals surface area contributed by atoms with E-state index in [0.717, 1.165) is 44.7 Å². The quantitative estimate of drug-likeness (QED) is 0.204. The van der Waals surface area contributed by atoms with Gasteiger partial charge in [0.05, 0.1) is 0 Å². The van der Waals surface area contributed by atoms with Crippen molar-refractivity contribution in [2.45, 2.75) is 26.3 Å². The molecule has 1 aromatic rings. The predicted octanol–water partition coefficient (Wildman–Crippen LogP) is 1.08. The molecule has 6 nitrogen and oxygen atoms in total. The summed E-state index contributed by atoms with van der Waals surface area (Å²) < 4.78 is 5.39. The van der Waals surface area contributed by atoms with Gasteiger partial charge in [0.1, 0.15) is 5.69 Å². The molecule has 0 aliphatic carbocycles. The van der Waals surface area contributed by atoms with Crippen LogP contribution in [0.2, 0.25) is 0 Å². The molecule has 0 amide bonds. The van der Waals surface area contributed by atoms with E-state index in [1.54, 1.807) is 12.3 Å². The molecular weight excluding hydrogens is 244 g/mol. The Morgan fingerprint density at radius 2 is 2.37 bits per heavy atom. The Morgan fingerprint density at radius 3 is 3.11 bits per heavy atom. The Morgan fingerprint density at radius 1 is 1.53 bits per heavy atom. The van der Waals surface area contributed by atoms with E-state index in [2.05, 4.69) is 22.4 Å². The monoisotopic (exact) mass is 266 g/mol. The third-order valence-electron chi connectivity index (χ3n) is 2.51. The Bertz CT molecular complexity index is 396. The smallest absolute Gasteiger partial charge is 0.188 e. The van der Waals surface area contributed by atoms with Crippen LogP contribution < -0.4 is 11.1 Å². The van der Waals surface area contributed by atoms with Gasteiger partial charge in [0.25, 0.3) is 0 Å². The van der Waals surface area contributed by atoms with E-state index in [1.165, 1.54) is 0 Å². The van der Waals surface area contributed by atoms with E-state index in [-0.39, 0.29) is 5.84 Å². The van der Waals surface area contributed by atoms with Crippen molar-refractivity contribution in [2.75, 3.05) is 19.8 Å². The van der Waals surface area contributed by atoms with Crippen molar-refractivity contribution in [1.82, 2.24) is 10.3 Å². The first kappa shape index (κ1) is 15.4. The summed E-state index contributed by atoms with van der Waals surface area (Å²) in [6, 6.07) is 3.70. The van der Waals surface area contributed by atoms with E-state index in [9.17, 15) is 0 Å². The lowest BCUT2D eigenvalue weighted by Crippen LogP contribution is -2.18. The number of ether oxygens (including phenoxy) is 1. The van der Waals surface area contributed by atoms with Crippen molar-refractivity contribution in [3.63, 3.8) is 0 Å². The summed E-state index contributed by atoms with van der Waals surface area (Å²) in [5.74, 6) is 0.0230. The predicted molar refractivity (Wildman–Crippen MR) is 74.2 cm³/mol. The van der Waals surface area contributed by atoms with E-state index >= 15 is 0 Å². The highest BCUT2D eigenvalue weighted by atomic mass is 16.5. The van der Waals surface area contributed by atoms with E-state index in [4.69, 9.17) is 15.7 Å². The van der Waals surface area contributed by atoms with E-state index < -0.39 is 0 Å². The molecule has 0 spiro atoms. The molecule has 0 saturated heterocycles.